The van der Waals surface area contributed by atoms with Crippen LogP contribution in [0.25, 0.3) is 0 Å². The van der Waals surface area contributed by atoms with Crippen LogP contribution in [-0.2, 0) is 11.2 Å². The quantitative estimate of drug-likeness (QED) is 0.260. The van der Waals surface area contributed by atoms with E-state index in [4.69, 9.17) is 16.3 Å². The van der Waals surface area contributed by atoms with Crippen molar-refractivity contribution in [1.29, 1.82) is 0 Å². The zero-order valence-corrected chi connectivity index (χ0v) is 25.2. The van der Waals surface area contributed by atoms with Gasteiger partial charge in [0.15, 0.2) is 5.82 Å². The van der Waals surface area contributed by atoms with Crippen LogP contribution >= 0.6 is 11.6 Å². The van der Waals surface area contributed by atoms with Crippen LogP contribution in [0, 0.1) is 11.8 Å². The molecule has 3 aliphatic rings. The number of ether oxygens (including phenoxy) is 1. The first-order chi connectivity index (χ1) is 21.4. The van der Waals surface area contributed by atoms with Crippen molar-refractivity contribution in [2.75, 3.05) is 41.5 Å². The van der Waals surface area contributed by atoms with Crippen molar-refractivity contribution in [3.63, 3.8) is 0 Å². The van der Waals surface area contributed by atoms with E-state index in [9.17, 15) is 9.59 Å². The normalized spacial score (nSPS) is 17.9. The highest BCUT2D eigenvalue weighted by Crippen LogP contribution is 2.31. The highest BCUT2D eigenvalue weighted by molar-refractivity contribution is 6.32. The molecule has 2 aromatic carbocycles. The summed E-state index contributed by atoms with van der Waals surface area (Å²) >= 11 is 6.40. The molecule has 6 rings (SSSR count). The Morgan fingerprint density at radius 2 is 1.89 bits per heavy atom. The zero-order chi connectivity index (χ0) is 30.5. The number of piperidine rings is 1. The van der Waals surface area contributed by atoms with E-state index in [-0.39, 0.29) is 23.8 Å². The van der Waals surface area contributed by atoms with Gasteiger partial charge in [0.2, 0.25) is 11.9 Å². The maximum Gasteiger partial charge on any atom is 0.321 e. The predicted octanol–water partition coefficient (Wildman–Crippen LogP) is 6.45. The molecule has 1 fully saturated rings. The molecule has 4 heterocycles. The molecule has 44 heavy (non-hydrogen) atoms. The number of halogens is 1. The Hall–Kier alpha value is -4.64. The van der Waals surface area contributed by atoms with E-state index in [2.05, 4.69) is 36.2 Å². The van der Waals surface area contributed by atoms with E-state index in [1.165, 1.54) is 0 Å². The smallest absolute Gasteiger partial charge is 0.321 e. The fraction of sp³-hybridized carbons (Fsp3) is 0.344. The van der Waals surface area contributed by atoms with Gasteiger partial charge in [0.25, 0.3) is 0 Å². The first kappa shape index (κ1) is 29.4. The van der Waals surface area contributed by atoms with Gasteiger partial charge in [0.05, 0.1) is 13.3 Å². The zero-order valence-electron chi connectivity index (χ0n) is 24.5. The van der Waals surface area contributed by atoms with Crippen molar-refractivity contribution in [2.24, 2.45) is 16.8 Å². The van der Waals surface area contributed by atoms with Gasteiger partial charge in [-0.15, -0.1) is 0 Å². The Labute approximate surface area is 261 Å². The summed E-state index contributed by atoms with van der Waals surface area (Å²) in [6, 6.07) is 13.0. The summed E-state index contributed by atoms with van der Waals surface area (Å²) in [5.74, 6) is 2.10. The number of allylic oxidation sites excluding steroid dienone is 1. The van der Waals surface area contributed by atoms with Gasteiger partial charge < -0.3 is 30.9 Å². The first-order valence-corrected chi connectivity index (χ1v) is 15.2. The fourth-order valence-corrected chi connectivity index (χ4v) is 5.86. The first-order valence-electron chi connectivity index (χ1n) is 14.8. The lowest BCUT2D eigenvalue weighted by atomic mass is 9.92. The van der Waals surface area contributed by atoms with Crippen molar-refractivity contribution in [2.45, 2.75) is 38.5 Å². The number of carbonyl (C=O) groups is 2. The second-order valence-electron chi connectivity index (χ2n) is 11.3. The summed E-state index contributed by atoms with van der Waals surface area (Å²) in [5.41, 5.74) is 4.30. The number of likely N-dealkylation sites (tertiary alicyclic amines) is 1. The number of hydrogen-bond acceptors (Lipinski definition) is 8. The van der Waals surface area contributed by atoms with Crippen molar-refractivity contribution in [1.82, 2.24) is 14.9 Å². The summed E-state index contributed by atoms with van der Waals surface area (Å²) in [5, 5.41) is 13.1. The number of benzene rings is 2. The molecular formula is C32H35ClN8O3. The molecule has 1 saturated heterocycles. The Balaban J connectivity index is 1.08. The molecule has 0 aliphatic carbocycles. The molecule has 3 amide bonds. The van der Waals surface area contributed by atoms with Crippen LogP contribution in [0.3, 0.4) is 0 Å². The lowest BCUT2D eigenvalue weighted by molar-refractivity contribution is -0.117. The molecule has 3 aliphatic heterocycles. The number of methoxy groups -OCH3 is 1. The van der Waals surface area contributed by atoms with Crippen LogP contribution < -0.4 is 26.0 Å². The van der Waals surface area contributed by atoms with Crippen molar-refractivity contribution in [3.8, 4) is 5.75 Å². The topological polar surface area (TPSA) is 133 Å². The number of nitrogens with one attached hydrogen (secondary N) is 4. The van der Waals surface area contributed by atoms with Crippen LogP contribution in [-0.4, -0.2) is 53.2 Å². The monoisotopic (exact) mass is 614 g/mol. The number of hydrogen-bond donors (Lipinski definition) is 4. The van der Waals surface area contributed by atoms with E-state index in [0.717, 1.165) is 66.2 Å². The molecule has 1 unspecified atom stereocenters. The molecule has 6 bridgehead atoms. The Bertz CT molecular complexity index is 1580. The highest BCUT2D eigenvalue weighted by atomic mass is 35.5. The highest BCUT2D eigenvalue weighted by Gasteiger charge is 2.25. The Morgan fingerprint density at radius 1 is 1.07 bits per heavy atom. The minimum absolute atomic E-state index is 0.0249. The summed E-state index contributed by atoms with van der Waals surface area (Å²) in [4.78, 5) is 41.1. The minimum Gasteiger partial charge on any atom is -0.497 e. The van der Waals surface area contributed by atoms with Gasteiger partial charge in [0, 0.05) is 60.6 Å². The Kier molecular flexibility index (Phi) is 8.92. The number of amides is 3. The van der Waals surface area contributed by atoms with E-state index in [1.54, 1.807) is 24.4 Å². The molecule has 12 heteroatoms. The number of aliphatic imine (C=N–C) groups is 1. The van der Waals surface area contributed by atoms with Gasteiger partial charge >= 0.3 is 6.03 Å². The van der Waals surface area contributed by atoms with Gasteiger partial charge in [-0.1, -0.05) is 11.6 Å². The van der Waals surface area contributed by atoms with Gasteiger partial charge in [-0.25, -0.2) is 9.78 Å². The molecule has 228 valence electrons. The maximum atomic E-state index is 13.2. The van der Waals surface area contributed by atoms with Crippen LogP contribution in [0.4, 0.5) is 33.6 Å². The number of rotatable bonds is 5. The maximum absolute atomic E-state index is 13.2. The van der Waals surface area contributed by atoms with Crippen molar-refractivity contribution >= 4 is 58.6 Å². The van der Waals surface area contributed by atoms with Gasteiger partial charge in [-0.05, 0) is 86.1 Å². The molecule has 0 radical (unpaired) electrons. The molecule has 0 spiro atoms. The van der Waals surface area contributed by atoms with Crippen LogP contribution in [0.5, 0.6) is 5.75 Å². The molecule has 1 atom stereocenters. The Morgan fingerprint density at radius 3 is 2.68 bits per heavy atom. The number of nitrogens with zero attached hydrogens (tertiary/aromatic N) is 4. The third-order valence-electron chi connectivity index (χ3n) is 8.17. The molecule has 3 aromatic rings. The van der Waals surface area contributed by atoms with Gasteiger partial charge in [-0.2, -0.15) is 4.98 Å². The third kappa shape index (κ3) is 7.28. The average Bonchev–Trinajstić information content (AvgIpc) is 3.03. The third-order valence-corrected chi connectivity index (χ3v) is 8.45. The van der Waals surface area contributed by atoms with E-state index in [0.29, 0.717) is 36.3 Å². The molecular weight excluding hydrogens is 580 g/mol. The van der Waals surface area contributed by atoms with Gasteiger partial charge in [0.1, 0.15) is 10.8 Å². The number of carbonyl (C=O) groups excluding carboxylic acids is 2. The predicted molar refractivity (Wildman–Crippen MR) is 173 cm³/mol. The number of fused-ring (bicyclic) bond motifs is 6. The van der Waals surface area contributed by atoms with Crippen molar-refractivity contribution < 1.29 is 14.3 Å². The van der Waals surface area contributed by atoms with E-state index >= 15 is 0 Å². The molecule has 0 saturated carbocycles. The fourth-order valence-electron chi connectivity index (χ4n) is 5.72. The van der Waals surface area contributed by atoms with Crippen LogP contribution in [0.1, 0.15) is 37.7 Å². The molecule has 11 nitrogen and oxygen atoms in total. The number of aryl methyl sites for hydroxylation is 1. The number of aromatic nitrogens is 2. The summed E-state index contributed by atoms with van der Waals surface area (Å²) < 4.78 is 5.18. The number of urea groups is 1. The van der Waals surface area contributed by atoms with E-state index in [1.807, 2.05) is 48.7 Å². The summed E-state index contributed by atoms with van der Waals surface area (Å²) in [7, 11) is 1.61. The van der Waals surface area contributed by atoms with Crippen molar-refractivity contribution in [3.05, 3.63) is 71.1 Å². The molecule has 4 N–H and O–H groups in total. The second kappa shape index (κ2) is 13.3. The largest absolute Gasteiger partial charge is 0.497 e. The lowest BCUT2D eigenvalue weighted by Gasteiger charge is -2.31. The van der Waals surface area contributed by atoms with Gasteiger partial charge in [-0.3, -0.25) is 9.79 Å². The molecule has 1 aromatic heterocycles. The summed E-state index contributed by atoms with van der Waals surface area (Å²) in [6.07, 6.45) is 9.69. The van der Waals surface area contributed by atoms with Crippen LogP contribution in [0.15, 0.2) is 65.6 Å². The minimum atomic E-state index is -0.132. The lowest BCUT2D eigenvalue weighted by Crippen LogP contribution is -2.41. The SMILES string of the molecule is COc1ccc(NC(=O)N2CCC(CC(=O)Nc3ccc4cc3CCC3C=NC=C(C3)Nc3ncc(Cl)c(n3)N4)CC2)cc1. The number of anilines is 5. The van der Waals surface area contributed by atoms with E-state index < -0.39 is 0 Å². The standard InChI is InChI=1S/C32H35ClN8O3/c1-44-26-7-4-23(5-8-26)38-32(43)41-12-10-20(11-13-41)15-29(42)39-28-9-6-24-16-22(28)3-2-21-14-25(18-34-17-21)37-31-35-19-27(33)30(36-24)40-31/h4-9,16-21H,2-3,10-15H2,1H3,(H,38,43)(H,39,42)(H2,35,36,37,40). The summed E-state index contributed by atoms with van der Waals surface area (Å²) in [6.45, 7) is 1.21. The average molecular weight is 615 g/mol. The van der Waals surface area contributed by atoms with Crippen LogP contribution in [0.2, 0.25) is 5.02 Å². The second-order valence-corrected chi connectivity index (χ2v) is 11.7.